The number of hydrogen-bond acceptors (Lipinski definition) is 4. The van der Waals surface area contributed by atoms with Crippen molar-refractivity contribution < 1.29 is 9.47 Å². The fourth-order valence-corrected chi connectivity index (χ4v) is 2.65. The smallest absolute Gasteiger partial charge is 0.124 e. The van der Waals surface area contributed by atoms with Gasteiger partial charge < -0.3 is 15.2 Å². The zero-order valence-corrected chi connectivity index (χ0v) is 13.6. The first-order valence-electron chi connectivity index (χ1n) is 7.82. The molecule has 21 heavy (non-hydrogen) atoms. The van der Waals surface area contributed by atoms with Crippen molar-refractivity contribution in [3.63, 3.8) is 0 Å². The van der Waals surface area contributed by atoms with Crippen molar-refractivity contribution in [1.29, 1.82) is 0 Å². The van der Waals surface area contributed by atoms with Crippen LogP contribution in [0, 0.1) is 6.92 Å². The normalized spacial score (nSPS) is 21.5. The zero-order valence-electron chi connectivity index (χ0n) is 13.6. The van der Waals surface area contributed by atoms with Crippen molar-refractivity contribution in [2.75, 3.05) is 26.3 Å². The van der Waals surface area contributed by atoms with Crippen LogP contribution in [-0.2, 0) is 4.74 Å². The summed E-state index contributed by atoms with van der Waals surface area (Å²) in [6, 6.07) is 6.69. The predicted octanol–water partition coefficient (Wildman–Crippen LogP) is 2.50. The SMILES string of the molecule is Cc1ccc(OCC2CN(C(C)C)CCO2)c([C@H](C)N)c1. The molecule has 0 amide bonds. The van der Waals surface area contributed by atoms with E-state index in [1.807, 2.05) is 13.0 Å². The minimum Gasteiger partial charge on any atom is -0.490 e. The summed E-state index contributed by atoms with van der Waals surface area (Å²) in [6.45, 7) is 11.8. The number of rotatable bonds is 5. The molecule has 1 heterocycles. The highest BCUT2D eigenvalue weighted by atomic mass is 16.5. The van der Waals surface area contributed by atoms with Gasteiger partial charge in [0, 0.05) is 30.7 Å². The van der Waals surface area contributed by atoms with Gasteiger partial charge in [0.1, 0.15) is 18.5 Å². The number of hydrogen-bond donors (Lipinski definition) is 1. The number of ether oxygens (including phenoxy) is 2. The van der Waals surface area contributed by atoms with Crippen LogP contribution in [0.15, 0.2) is 18.2 Å². The van der Waals surface area contributed by atoms with Gasteiger partial charge >= 0.3 is 0 Å². The predicted molar refractivity (Wildman–Crippen MR) is 85.7 cm³/mol. The second-order valence-corrected chi connectivity index (χ2v) is 6.22. The van der Waals surface area contributed by atoms with E-state index in [4.69, 9.17) is 15.2 Å². The molecule has 0 spiro atoms. The summed E-state index contributed by atoms with van der Waals surface area (Å²) < 4.78 is 11.8. The van der Waals surface area contributed by atoms with Crippen LogP contribution in [0.5, 0.6) is 5.75 Å². The van der Waals surface area contributed by atoms with E-state index in [1.165, 1.54) is 5.56 Å². The van der Waals surface area contributed by atoms with E-state index in [9.17, 15) is 0 Å². The molecule has 2 rings (SSSR count). The quantitative estimate of drug-likeness (QED) is 0.906. The molecule has 2 N–H and O–H groups in total. The first-order valence-corrected chi connectivity index (χ1v) is 7.82. The summed E-state index contributed by atoms with van der Waals surface area (Å²) in [5.74, 6) is 0.876. The lowest BCUT2D eigenvalue weighted by Crippen LogP contribution is -2.47. The minimum absolute atomic E-state index is 0.0284. The van der Waals surface area contributed by atoms with Crippen molar-refractivity contribution in [2.24, 2.45) is 5.73 Å². The Labute approximate surface area is 128 Å². The Morgan fingerprint density at radius 3 is 2.81 bits per heavy atom. The molecular weight excluding hydrogens is 264 g/mol. The van der Waals surface area contributed by atoms with Crippen LogP contribution >= 0.6 is 0 Å². The third-order valence-electron chi connectivity index (χ3n) is 3.98. The van der Waals surface area contributed by atoms with Crippen molar-refractivity contribution in [2.45, 2.75) is 45.9 Å². The third-order valence-corrected chi connectivity index (χ3v) is 3.98. The van der Waals surface area contributed by atoms with Crippen LogP contribution in [-0.4, -0.2) is 43.3 Å². The highest BCUT2D eigenvalue weighted by Crippen LogP contribution is 2.25. The third kappa shape index (κ3) is 4.43. The largest absolute Gasteiger partial charge is 0.490 e. The minimum atomic E-state index is -0.0284. The zero-order chi connectivity index (χ0) is 15.4. The number of nitrogens with zero attached hydrogens (tertiary/aromatic N) is 1. The number of aryl methyl sites for hydroxylation is 1. The molecule has 0 aromatic heterocycles. The first-order chi connectivity index (χ1) is 9.97. The Morgan fingerprint density at radius 1 is 1.38 bits per heavy atom. The molecule has 118 valence electrons. The number of nitrogens with two attached hydrogens (primary N) is 1. The molecule has 1 aromatic carbocycles. The summed E-state index contributed by atoms with van der Waals surface area (Å²) in [6.07, 6.45) is 0.128. The molecule has 1 unspecified atom stereocenters. The lowest BCUT2D eigenvalue weighted by Gasteiger charge is -2.35. The van der Waals surface area contributed by atoms with Gasteiger partial charge in [-0.3, -0.25) is 4.90 Å². The molecule has 1 aliphatic heterocycles. The van der Waals surface area contributed by atoms with E-state index in [1.54, 1.807) is 0 Å². The Morgan fingerprint density at radius 2 is 2.14 bits per heavy atom. The van der Waals surface area contributed by atoms with Crippen LogP contribution in [0.3, 0.4) is 0 Å². The molecule has 1 aliphatic rings. The maximum absolute atomic E-state index is 6.03. The summed E-state index contributed by atoms with van der Waals surface area (Å²) in [7, 11) is 0. The van der Waals surface area contributed by atoms with Gasteiger partial charge in [-0.05, 0) is 33.8 Å². The van der Waals surface area contributed by atoms with E-state index in [0.29, 0.717) is 12.6 Å². The van der Waals surface area contributed by atoms with Crippen LogP contribution in [0.1, 0.15) is 37.9 Å². The Bertz CT molecular complexity index is 460. The van der Waals surface area contributed by atoms with Gasteiger partial charge in [0.2, 0.25) is 0 Å². The maximum atomic E-state index is 6.03. The fraction of sp³-hybridized carbons (Fsp3) is 0.647. The van der Waals surface area contributed by atoms with E-state index in [-0.39, 0.29) is 12.1 Å². The lowest BCUT2D eigenvalue weighted by atomic mass is 10.1. The molecule has 1 saturated heterocycles. The highest BCUT2D eigenvalue weighted by molar-refractivity contribution is 5.38. The molecule has 2 atom stereocenters. The Kier molecular flexibility index (Phi) is 5.62. The van der Waals surface area contributed by atoms with Gasteiger partial charge in [-0.15, -0.1) is 0 Å². The molecule has 1 fully saturated rings. The number of morpholine rings is 1. The van der Waals surface area contributed by atoms with E-state index in [0.717, 1.165) is 31.0 Å². The molecule has 1 aromatic rings. The fourth-order valence-electron chi connectivity index (χ4n) is 2.65. The van der Waals surface area contributed by atoms with Crippen molar-refractivity contribution in [3.8, 4) is 5.75 Å². The molecule has 4 heteroatoms. The number of benzene rings is 1. The van der Waals surface area contributed by atoms with Crippen LogP contribution in [0.4, 0.5) is 0 Å². The van der Waals surface area contributed by atoms with E-state index in [2.05, 4.69) is 37.8 Å². The lowest BCUT2D eigenvalue weighted by molar-refractivity contribution is -0.0565. The van der Waals surface area contributed by atoms with Gasteiger partial charge in [0.05, 0.1) is 6.61 Å². The topological polar surface area (TPSA) is 47.7 Å². The second-order valence-electron chi connectivity index (χ2n) is 6.22. The molecule has 0 aliphatic carbocycles. The van der Waals surface area contributed by atoms with Crippen LogP contribution < -0.4 is 10.5 Å². The van der Waals surface area contributed by atoms with Gasteiger partial charge in [-0.1, -0.05) is 17.7 Å². The van der Waals surface area contributed by atoms with Gasteiger partial charge in [-0.25, -0.2) is 0 Å². The molecular formula is C17H28N2O2. The summed E-state index contributed by atoms with van der Waals surface area (Å²) in [4.78, 5) is 2.43. The summed E-state index contributed by atoms with van der Waals surface area (Å²) in [5.41, 5.74) is 8.30. The van der Waals surface area contributed by atoms with E-state index >= 15 is 0 Å². The average Bonchev–Trinajstić information content (AvgIpc) is 2.46. The molecule has 4 nitrogen and oxygen atoms in total. The monoisotopic (exact) mass is 292 g/mol. The van der Waals surface area contributed by atoms with Crippen molar-refractivity contribution in [3.05, 3.63) is 29.3 Å². The standard InChI is InChI=1S/C17H28N2O2/c1-12(2)19-7-8-20-15(10-19)11-21-17-6-5-13(3)9-16(17)14(4)18/h5-6,9,12,14-15H,7-8,10-11,18H2,1-4H3/t14-,15?/m0/s1. The molecule has 0 saturated carbocycles. The second kappa shape index (κ2) is 7.25. The average molecular weight is 292 g/mol. The van der Waals surface area contributed by atoms with Gasteiger partial charge in [0.25, 0.3) is 0 Å². The van der Waals surface area contributed by atoms with E-state index < -0.39 is 0 Å². The van der Waals surface area contributed by atoms with Crippen LogP contribution in [0.25, 0.3) is 0 Å². The summed E-state index contributed by atoms with van der Waals surface area (Å²) in [5, 5.41) is 0. The Balaban J connectivity index is 1.96. The van der Waals surface area contributed by atoms with Gasteiger partial charge in [-0.2, -0.15) is 0 Å². The van der Waals surface area contributed by atoms with Gasteiger partial charge in [0.15, 0.2) is 0 Å². The summed E-state index contributed by atoms with van der Waals surface area (Å²) >= 11 is 0. The van der Waals surface area contributed by atoms with Crippen molar-refractivity contribution in [1.82, 2.24) is 4.90 Å². The van der Waals surface area contributed by atoms with Crippen molar-refractivity contribution >= 4 is 0 Å². The molecule has 0 bridgehead atoms. The molecule has 0 radical (unpaired) electrons. The maximum Gasteiger partial charge on any atom is 0.124 e. The highest BCUT2D eigenvalue weighted by Gasteiger charge is 2.23. The first kappa shape index (κ1) is 16.3. The van der Waals surface area contributed by atoms with Crippen LogP contribution in [0.2, 0.25) is 0 Å². The Hall–Kier alpha value is -1.10.